The van der Waals surface area contributed by atoms with Crippen molar-refractivity contribution in [3.8, 4) is 0 Å². The molecule has 0 aliphatic carbocycles. The van der Waals surface area contributed by atoms with Gasteiger partial charge in [-0.2, -0.15) is 5.10 Å². The van der Waals surface area contributed by atoms with Crippen molar-refractivity contribution in [3.05, 3.63) is 58.5 Å². The third-order valence-electron chi connectivity index (χ3n) is 2.72. The molecule has 5 nitrogen and oxygen atoms in total. The first-order valence-corrected chi connectivity index (χ1v) is 6.27. The van der Waals surface area contributed by atoms with Crippen molar-refractivity contribution < 1.29 is 9.53 Å². The van der Waals surface area contributed by atoms with E-state index in [2.05, 4.69) is 10.1 Å². The lowest BCUT2D eigenvalue weighted by molar-refractivity contribution is -0.129. The number of ether oxygens (including phenoxy) is 1. The van der Waals surface area contributed by atoms with Gasteiger partial charge in [0.25, 0.3) is 0 Å². The van der Waals surface area contributed by atoms with Crippen molar-refractivity contribution in [2.24, 2.45) is 12.0 Å². The fourth-order valence-electron chi connectivity index (χ4n) is 1.83. The van der Waals surface area contributed by atoms with Crippen LogP contribution in [-0.4, -0.2) is 21.6 Å². The molecule has 6 heteroatoms. The summed E-state index contributed by atoms with van der Waals surface area (Å²) in [6, 6.07) is 7.00. The van der Waals surface area contributed by atoms with Gasteiger partial charge in [-0.1, -0.05) is 17.7 Å². The minimum Gasteiger partial charge on any atom is -0.402 e. The van der Waals surface area contributed by atoms with Gasteiger partial charge in [0.1, 0.15) is 0 Å². The Morgan fingerprint density at radius 3 is 2.95 bits per heavy atom. The Morgan fingerprint density at radius 2 is 2.25 bits per heavy atom. The quantitative estimate of drug-likeness (QED) is 0.629. The summed E-state index contributed by atoms with van der Waals surface area (Å²) in [7, 11) is 1.80. The standard InChI is InChI=1S/C14H10ClN3O2/c1-18-8-9(7-16-18)5-12-14(19)20-13(17-12)10-3-2-4-11(15)6-10/h2-8H,1H3. The number of carbonyl (C=O) groups excluding carboxylic acids is 1. The second-order valence-corrected chi connectivity index (χ2v) is 4.73. The van der Waals surface area contributed by atoms with Crippen LogP contribution < -0.4 is 0 Å². The Bertz CT molecular complexity index is 746. The zero-order valence-corrected chi connectivity index (χ0v) is 11.3. The third-order valence-corrected chi connectivity index (χ3v) is 2.96. The first-order chi connectivity index (χ1) is 9.61. The van der Waals surface area contributed by atoms with Crippen LogP contribution in [-0.2, 0) is 16.6 Å². The number of halogens is 1. The molecule has 2 heterocycles. The number of hydrogen-bond acceptors (Lipinski definition) is 4. The number of cyclic esters (lactones) is 1. The average Bonchev–Trinajstić information content (AvgIpc) is 2.97. The predicted molar refractivity (Wildman–Crippen MR) is 75.3 cm³/mol. The Morgan fingerprint density at radius 1 is 1.40 bits per heavy atom. The topological polar surface area (TPSA) is 56.5 Å². The molecule has 3 rings (SSSR count). The summed E-state index contributed by atoms with van der Waals surface area (Å²) >= 11 is 5.91. The summed E-state index contributed by atoms with van der Waals surface area (Å²) in [4.78, 5) is 16.0. The number of nitrogens with zero attached hydrogens (tertiary/aromatic N) is 3. The predicted octanol–water partition coefficient (Wildman–Crippen LogP) is 2.42. The third kappa shape index (κ3) is 2.48. The highest BCUT2D eigenvalue weighted by Gasteiger charge is 2.24. The van der Waals surface area contributed by atoms with Crippen LogP contribution in [0.1, 0.15) is 11.1 Å². The van der Waals surface area contributed by atoms with E-state index < -0.39 is 5.97 Å². The molecule has 100 valence electrons. The van der Waals surface area contributed by atoms with Gasteiger partial charge in [0.15, 0.2) is 5.70 Å². The molecule has 0 amide bonds. The normalized spacial score (nSPS) is 16.4. The first-order valence-electron chi connectivity index (χ1n) is 5.89. The molecule has 0 saturated carbocycles. The van der Waals surface area contributed by atoms with E-state index in [1.165, 1.54) is 0 Å². The van der Waals surface area contributed by atoms with E-state index in [1.54, 1.807) is 54.5 Å². The Hall–Kier alpha value is -2.40. The molecule has 0 N–H and O–H groups in total. The lowest BCUT2D eigenvalue weighted by Crippen LogP contribution is -2.05. The molecule has 0 spiro atoms. The highest BCUT2D eigenvalue weighted by atomic mass is 35.5. The number of rotatable bonds is 2. The second-order valence-electron chi connectivity index (χ2n) is 4.29. The van der Waals surface area contributed by atoms with Crippen molar-refractivity contribution in [1.29, 1.82) is 0 Å². The van der Waals surface area contributed by atoms with Crippen LogP contribution in [0.15, 0.2) is 47.3 Å². The molecule has 1 aliphatic heterocycles. The van der Waals surface area contributed by atoms with E-state index in [0.717, 1.165) is 5.56 Å². The Kier molecular flexibility index (Phi) is 3.12. The highest BCUT2D eigenvalue weighted by Crippen LogP contribution is 2.20. The van der Waals surface area contributed by atoms with Gasteiger partial charge in [0.2, 0.25) is 5.90 Å². The largest absolute Gasteiger partial charge is 0.402 e. The van der Waals surface area contributed by atoms with Crippen LogP contribution in [0.25, 0.3) is 6.08 Å². The van der Waals surface area contributed by atoms with E-state index in [0.29, 0.717) is 10.6 Å². The summed E-state index contributed by atoms with van der Waals surface area (Å²) in [5.41, 5.74) is 1.70. The molecule has 0 bridgehead atoms. The van der Waals surface area contributed by atoms with Crippen LogP contribution in [0, 0.1) is 0 Å². The second kappa shape index (κ2) is 4.94. The number of hydrogen-bond donors (Lipinski definition) is 0. The van der Waals surface area contributed by atoms with E-state index in [9.17, 15) is 4.79 Å². The molecular formula is C14H10ClN3O2. The molecule has 1 aliphatic rings. The molecule has 0 atom stereocenters. The maximum Gasteiger partial charge on any atom is 0.363 e. The molecule has 0 fully saturated rings. The average molecular weight is 288 g/mol. The Balaban J connectivity index is 1.94. The van der Waals surface area contributed by atoms with Crippen LogP contribution in [0.5, 0.6) is 0 Å². The maximum absolute atomic E-state index is 11.8. The first kappa shape index (κ1) is 12.6. The van der Waals surface area contributed by atoms with Gasteiger partial charge in [-0.25, -0.2) is 9.79 Å². The van der Waals surface area contributed by atoms with E-state index in [1.807, 2.05) is 0 Å². The number of aliphatic imine (C=N–C) groups is 1. The van der Waals surface area contributed by atoms with Crippen LogP contribution in [0.4, 0.5) is 0 Å². The monoisotopic (exact) mass is 287 g/mol. The summed E-state index contributed by atoms with van der Waals surface area (Å²) in [5, 5.41) is 4.59. The van der Waals surface area contributed by atoms with Gasteiger partial charge in [-0.3, -0.25) is 4.68 Å². The molecule has 1 aromatic carbocycles. The van der Waals surface area contributed by atoms with Crippen molar-refractivity contribution in [2.45, 2.75) is 0 Å². The van der Waals surface area contributed by atoms with Crippen molar-refractivity contribution >= 4 is 29.5 Å². The SMILES string of the molecule is Cn1cc(C=C2N=C(c3cccc(Cl)c3)OC2=O)cn1. The van der Waals surface area contributed by atoms with Crippen molar-refractivity contribution in [3.63, 3.8) is 0 Å². The molecule has 0 unspecified atom stereocenters. The smallest absolute Gasteiger partial charge is 0.363 e. The van der Waals surface area contributed by atoms with Gasteiger partial charge >= 0.3 is 5.97 Å². The van der Waals surface area contributed by atoms with E-state index in [-0.39, 0.29) is 11.6 Å². The van der Waals surface area contributed by atoms with Crippen molar-refractivity contribution in [2.75, 3.05) is 0 Å². The number of benzene rings is 1. The molecule has 20 heavy (non-hydrogen) atoms. The van der Waals surface area contributed by atoms with Gasteiger partial charge in [-0.05, 0) is 24.3 Å². The molecule has 2 aromatic rings. The van der Waals surface area contributed by atoms with Gasteiger partial charge in [0.05, 0.1) is 6.20 Å². The van der Waals surface area contributed by atoms with E-state index >= 15 is 0 Å². The van der Waals surface area contributed by atoms with E-state index in [4.69, 9.17) is 16.3 Å². The molecule has 0 saturated heterocycles. The fraction of sp³-hybridized carbons (Fsp3) is 0.0714. The lowest BCUT2D eigenvalue weighted by atomic mass is 10.2. The van der Waals surface area contributed by atoms with Gasteiger partial charge < -0.3 is 4.74 Å². The van der Waals surface area contributed by atoms with Gasteiger partial charge in [0, 0.05) is 29.4 Å². The number of aryl methyl sites for hydroxylation is 1. The summed E-state index contributed by atoms with van der Waals surface area (Å²) < 4.78 is 6.80. The minimum absolute atomic E-state index is 0.243. The summed E-state index contributed by atoms with van der Waals surface area (Å²) in [5.74, 6) is -0.225. The molecule has 0 radical (unpaired) electrons. The summed E-state index contributed by atoms with van der Waals surface area (Å²) in [6.45, 7) is 0. The van der Waals surface area contributed by atoms with Gasteiger partial charge in [-0.15, -0.1) is 0 Å². The summed E-state index contributed by atoms with van der Waals surface area (Å²) in [6.07, 6.45) is 5.06. The maximum atomic E-state index is 11.8. The minimum atomic E-state index is -0.483. The highest BCUT2D eigenvalue weighted by molar-refractivity contribution is 6.31. The lowest BCUT2D eigenvalue weighted by Gasteiger charge is -1.98. The molecular weight excluding hydrogens is 278 g/mol. The van der Waals surface area contributed by atoms with Crippen LogP contribution in [0.2, 0.25) is 5.02 Å². The van der Waals surface area contributed by atoms with Crippen LogP contribution in [0.3, 0.4) is 0 Å². The Labute approximate surface area is 120 Å². The zero-order valence-electron chi connectivity index (χ0n) is 10.6. The van der Waals surface area contributed by atoms with Crippen LogP contribution >= 0.6 is 11.6 Å². The van der Waals surface area contributed by atoms with Crippen molar-refractivity contribution in [1.82, 2.24) is 9.78 Å². The zero-order chi connectivity index (χ0) is 14.1. The number of carbonyl (C=O) groups is 1. The number of esters is 1. The fourth-order valence-corrected chi connectivity index (χ4v) is 2.02. The molecule has 1 aromatic heterocycles. The number of aromatic nitrogens is 2.